The maximum Gasteiger partial charge on any atom is 0.255 e. The summed E-state index contributed by atoms with van der Waals surface area (Å²) in [7, 11) is 1.49. The predicted molar refractivity (Wildman–Crippen MR) is 104 cm³/mol. The fourth-order valence-electron chi connectivity index (χ4n) is 2.62. The van der Waals surface area contributed by atoms with Gasteiger partial charge in [-0.05, 0) is 37.1 Å². The van der Waals surface area contributed by atoms with E-state index in [1.165, 1.54) is 14.0 Å². The molecule has 0 spiro atoms. The van der Waals surface area contributed by atoms with E-state index in [9.17, 15) is 14.4 Å². The van der Waals surface area contributed by atoms with E-state index >= 15 is 0 Å². The van der Waals surface area contributed by atoms with E-state index in [1.54, 1.807) is 48.5 Å². The van der Waals surface area contributed by atoms with Gasteiger partial charge < -0.3 is 15.4 Å². The van der Waals surface area contributed by atoms with Gasteiger partial charge in [-0.1, -0.05) is 38.1 Å². The first-order valence-electron chi connectivity index (χ1n) is 8.69. The largest absolute Gasteiger partial charge is 0.496 e. The molecular formula is C21H24N2O4. The van der Waals surface area contributed by atoms with Crippen LogP contribution in [0.1, 0.15) is 41.5 Å². The third kappa shape index (κ3) is 5.17. The zero-order valence-corrected chi connectivity index (χ0v) is 15.9. The van der Waals surface area contributed by atoms with E-state index in [1.807, 2.05) is 13.8 Å². The summed E-state index contributed by atoms with van der Waals surface area (Å²) in [6.07, 6.45) is 0. The third-order valence-corrected chi connectivity index (χ3v) is 4.12. The highest BCUT2D eigenvalue weighted by Crippen LogP contribution is 2.18. The second kappa shape index (κ2) is 8.98. The van der Waals surface area contributed by atoms with Crippen LogP contribution < -0.4 is 15.4 Å². The fourth-order valence-corrected chi connectivity index (χ4v) is 2.62. The van der Waals surface area contributed by atoms with Gasteiger partial charge >= 0.3 is 0 Å². The van der Waals surface area contributed by atoms with E-state index < -0.39 is 11.9 Å². The van der Waals surface area contributed by atoms with Gasteiger partial charge in [-0.15, -0.1) is 0 Å². The Bertz CT molecular complexity index is 846. The normalized spacial score (nSPS) is 11.6. The molecule has 2 aromatic rings. The predicted octanol–water partition coefficient (Wildman–Crippen LogP) is 3.29. The molecule has 0 saturated carbocycles. The first-order valence-corrected chi connectivity index (χ1v) is 8.69. The van der Waals surface area contributed by atoms with Crippen LogP contribution in [0.4, 0.5) is 5.69 Å². The number of carbonyl (C=O) groups is 3. The highest BCUT2D eigenvalue weighted by Gasteiger charge is 2.26. The summed E-state index contributed by atoms with van der Waals surface area (Å²) >= 11 is 0. The van der Waals surface area contributed by atoms with Crippen molar-refractivity contribution in [1.29, 1.82) is 0 Å². The van der Waals surface area contributed by atoms with E-state index in [4.69, 9.17) is 4.74 Å². The monoisotopic (exact) mass is 368 g/mol. The van der Waals surface area contributed by atoms with Crippen molar-refractivity contribution in [2.24, 2.45) is 5.92 Å². The number of methoxy groups -OCH3 is 1. The maximum atomic E-state index is 12.7. The Labute approximate surface area is 158 Å². The summed E-state index contributed by atoms with van der Waals surface area (Å²) in [4.78, 5) is 36.8. The molecule has 0 bridgehead atoms. The number of benzene rings is 2. The van der Waals surface area contributed by atoms with E-state index in [0.29, 0.717) is 22.6 Å². The molecule has 6 nitrogen and oxygen atoms in total. The van der Waals surface area contributed by atoms with Crippen LogP contribution in [0.25, 0.3) is 0 Å². The van der Waals surface area contributed by atoms with E-state index in [-0.39, 0.29) is 17.6 Å². The van der Waals surface area contributed by atoms with Gasteiger partial charge in [0.1, 0.15) is 11.8 Å². The van der Waals surface area contributed by atoms with Crippen LogP contribution in [0.15, 0.2) is 48.5 Å². The minimum atomic E-state index is -0.747. The number of nitrogens with one attached hydrogen (secondary N) is 2. The van der Waals surface area contributed by atoms with Gasteiger partial charge in [-0.2, -0.15) is 0 Å². The Balaban J connectivity index is 2.17. The smallest absolute Gasteiger partial charge is 0.255 e. The number of amides is 2. The molecule has 0 aliphatic carbocycles. The van der Waals surface area contributed by atoms with E-state index in [2.05, 4.69) is 10.6 Å². The van der Waals surface area contributed by atoms with Crippen molar-refractivity contribution >= 4 is 23.3 Å². The van der Waals surface area contributed by atoms with Crippen molar-refractivity contribution in [3.05, 3.63) is 59.7 Å². The third-order valence-electron chi connectivity index (χ3n) is 4.12. The van der Waals surface area contributed by atoms with Crippen molar-refractivity contribution in [2.75, 3.05) is 12.4 Å². The minimum Gasteiger partial charge on any atom is -0.496 e. The van der Waals surface area contributed by atoms with E-state index in [0.717, 1.165) is 0 Å². The molecule has 2 aromatic carbocycles. The van der Waals surface area contributed by atoms with Crippen molar-refractivity contribution < 1.29 is 19.1 Å². The first kappa shape index (κ1) is 20.2. The number of anilines is 1. The summed E-state index contributed by atoms with van der Waals surface area (Å²) in [5, 5.41) is 5.53. The molecule has 2 rings (SSSR count). The number of Topliss-reactive ketones (excluding diaryl/α,β-unsaturated/α-hetero) is 1. The minimum absolute atomic E-state index is 0.0871. The number of hydrogen-bond acceptors (Lipinski definition) is 4. The molecule has 27 heavy (non-hydrogen) atoms. The van der Waals surface area contributed by atoms with Gasteiger partial charge in [0.25, 0.3) is 5.91 Å². The average Bonchev–Trinajstić information content (AvgIpc) is 2.65. The van der Waals surface area contributed by atoms with Crippen LogP contribution in [-0.2, 0) is 4.79 Å². The van der Waals surface area contributed by atoms with Crippen LogP contribution in [0.3, 0.4) is 0 Å². The number of rotatable bonds is 7. The average molecular weight is 368 g/mol. The molecule has 0 aliphatic rings. The van der Waals surface area contributed by atoms with Crippen LogP contribution in [0, 0.1) is 5.92 Å². The second-order valence-electron chi connectivity index (χ2n) is 6.52. The molecule has 2 N–H and O–H groups in total. The summed E-state index contributed by atoms with van der Waals surface area (Å²) in [5.74, 6) is -0.532. The Kier molecular flexibility index (Phi) is 6.71. The number of carbonyl (C=O) groups excluding carboxylic acids is 3. The summed E-state index contributed by atoms with van der Waals surface area (Å²) < 4.78 is 5.21. The number of para-hydroxylation sites is 1. The molecule has 6 heteroatoms. The highest BCUT2D eigenvalue weighted by atomic mass is 16.5. The zero-order valence-electron chi connectivity index (χ0n) is 15.9. The van der Waals surface area contributed by atoms with Crippen LogP contribution in [0.5, 0.6) is 5.75 Å². The molecule has 0 fully saturated rings. The molecular weight excluding hydrogens is 344 g/mol. The van der Waals surface area contributed by atoms with Crippen LogP contribution in [0.2, 0.25) is 0 Å². The standard InChI is InChI=1S/C21H24N2O4/c1-13(2)19(23-20(25)17-10-5-6-11-18(17)27-4)21(26)22-16-9-7-8-15(12-16)14(3)24/h5-13,19H,1-4H3,(H,22,26)(H,23,25)/t19-/m1/s1. The highest BCUT2D eigenvalue weighted by molar-refractivity contribution is 6.03. The van der Waals surface area contributed by atoms with Gasteiger partial charge in [-0.3, -0.25) is 14.4 Å². The lowest BCUT2D eigenvalue weighted by Crippen LogP contribution is -2.47. The van der Waals surface area contributed by atoms with Crippen molar-refractivity contribution in [3.63, 3.8) is 0 Å². The molecule has 2 amide bonds. The van der Waals surface area contributed by atoms with Crippen molar-refractivity contribution in [3.8, 4) is 5.75 Å². The molecule has 0 aliphatic heterocycles. The zero-order chi connectivity index (χ0) is 20.0. The SMILES string of the molecule is COc1ccccc1C(=O)N[C@@H](C(=O)Nc1cccc(C(C)=O)c1)C(C)C. The Morgan fingerprint density at radius 1 is 1.00 bits per heavy atom. The lowest BCUT2D eigenvalue weighted by Gasteiger charge is -2.22. The van der Waals surface area contributed by atoms with Crippen molar-refractivity contribution in [2.45, 2.75) is 26.8 Å². The summed E-state index contributed by atoms with van der Waals surface area (Å²) in [6, 6.07) is 12.8. The number of ketones is 1. The van der Waals surface area contributed by atoms with Crippen LogP contribution in [-0.4, -0.2) is 30.7 Å². The quantitative estimate of drug-likeness (QED) is 0.735. The summed E-state index contributed by atoms with van der Waals surface area (Å²) in [6.45, 7) is 5.16. The first-order chi connectivity index (χ1) is 12.8. The Morgan fingerprint density at radius 3 is 2.33 bits per heavy atom. The second-order valence-corrected chi connectivity index (χ2v) is 6.52. The summed E-state index contributed by atoms with van der Waals surface area (Å²) in [5.41, 5.74) is 1.37. The fraction of sp³-hybridized carbons (Fsp3) is 0.286. The lowest BCUT2D eigenvalue weighted by atomic mass is 10.0. The number of ether oxygens (including phenoxy) is 1. The van der Waals surface area contributed by atoms with Gasteiger partial charge in [0.2, 0.25) is 5.91 Å². The van der Waals surface area contributed by atoms with Gasteiger partial charge in [0, 0.05) is 11.3 Å². The Hall–Kier alpha value is -3.15. The Morgan fingerprint density at radius 2 is 1.70 bits per heavy atom. The van der Waals surface area contributed by atoms with Crippen molar-refractivity contribution in [1.82, 2.24) is 5.32 Å². The molecule has 0 saturated heterocycles. The lowest BCUT2D eigenvalue weighted by molar-refractivity contribution is -0.118. The van der Waals surface area contributed by atoms with Gasteiger partial charge in [-0.25, -0.2) is 0 Å². The molecule has 1 atom stereocenters. The van der Waals surface area contributed by atoms with Gasteiger partial charge in [0.15, 0.2) is 5.78 Å². The molecule has 142 valence electrons. The number of hydrogen-bond donors (Lipinski definition) is 2. The molecule has 0 radical (unpaired) electrons. The van der Waals surface area contributed by atoms with Crippen LogP contribution >= 0.6 is 0 Å². The maximum absolute atomic E-state index is 12.7. The molecule has 0 heterocycles. The molecule has 0 unspecified atom stereocenters. The van der Waals surface area contributed by atoms with Gasteiger partial charge in [0.05, 0.1) is 12.7 Å². The molecule has 0 aromatic heterocycles. The topological polar surface area (TPSA) is 84.5 Å².